The number of likely N-dealkylation sites (tertiary alicyclic amines) is 1. The lowest BCUT2D eigenvalue weighted by molar-refractivity contribution is -0.144. The predicted molar refractivity (Wildman–Crippen MR) is 120 cm³/mol. The Kier molecular flexibility index (Phi) is 6.48. The molecule has 8 heteroatoms. The van der Waals surface area contributed by atoms with Crippen LogP contribution in [0.5, 0.6) is 0 Å². The van der Waals surface area contributed by atoms with Crippen LogP contribution in [-0.4, -0.2) is 45.0 Å². The Morgan fingerprint density at radius 3 is 2.58 bits per heavy atom. The van der Waals surface area contributed by atoms with Gasteiger partial charge in [0.05, 0.1) is 11.3 Å². The molecule has 2 unspecified atom stereocenters. The molecule has 4 rings (SSSR count). The fraction of sp³-hybridized carbons (Fsp3) is 0.435. The fourth-order valence-electron chi connectivity index (χ4n) is 4.24. The molecule has 2 fully saturated rings. The van der Waals surface area contributed by atoms with Crippen LogP contribution < -0.4 is 10.0 Å². The molecular formula is C23H28N4O3S. The van der Waals surface area contributed by atoms with Gasteiger partial charge in [0.1, 0.15) is 22.8 Å². The number of anilines is 1. The first-order chi connectivity index (χ1) is 14.9. The monoisotopic (exact) mass is 440 g/mol. The molecule has 0 spiro atoms. The van der Waals surface area contributed by atoms with Crippen molar-refractivity contribution in [2.24, 2.45) is 5.92 Å². The van der Waals surface area contributed by atoms with Crippen LogP contribution in [0.15, 0.2) is 47.4 Å². The van der Waals surface area contributed by atoms with Gasteiger partial charge >= 0.3 is 0 Å². The van der Waals surface area contributed by atoms with Gasteiger partial charge in [0.2, 0.25) is 11.8 Å². The molecule has 2 N–H and O–H groups in total. The maximum atomic E-state index is 12.8. The van der Waals surface area contributed by atoms with Crippen molar-refractivity contribution in [3.05, 3.63) is 53.7 Å². The second-order valence-electron chi connectivity index (χ2n) is 8.35. The molecule has 1 aliphatic carbocycles. The first-order valence-corrected chi connectivity index (χ1v) is 11.8. The molecule has 1 saturated heterocycles. The van der Waals surface area contributed by atoms with Gasteiger partial charge in [0.15, 0.2) is 0 Å². The molecule has 0 bridgehead atoms. The summed E-state index contributed by atoms with van der Waals surface area (Å²) in [6.07, 6.45) is 3.60. The van der Waals surface area contributed by atoms with Gasteiger partial charge in [-0.05, 0) is 62.8 Å². The average molecular weight is 441 g/mol. The highest BCUT2D eigenvalue weighted by molar-refractivity contribution is 7.83. The summed E-state index contributed by atoms with van der Waals surface area (Å²) in [7, 11) is 0.327. The Hall–Kier alpha value is -2.58. The third-order valence-corrected chi connectivity index (χ3v) is 7.31. The van der Waals surface area contributed by atoms with Crippen molar-refractivity contribution in [1.29, 1.82) is 0 Å². The van der Waals surface area contributed by atoms with Crippen LogP contribution >= 0.6 is 0 Å². The second-order valence-corrected chi connectivity index (χ2v) is 9.60. The number of hydrogen-bond acceptors (Lipinski definition) is 5. The number of amides is 2. The van der Waals surface area contributed by atoms with E-state index in [0.29, 0.717) is 10.8 Å². The van der Waals surface area contributed by atoms with Gasteiger partial charge in [-0.3, -0.25) is 14.5 Å². The Bertz CT molecular complexity index is 989. The Morgan fingerprint density at radius 1 is 1.13 bits per heavy atom. The lowest BCUT2D eigenvalue weighted by Gasteiger charge is -2.40. The van der Waals surface area contributed by atoms with Crippen LogP contribution in [0.4, 0.5) is 5.82 Å². The van der Waals surface area contributed by atoms with Crippen LogP contribution in [-0.2, 0) is 27.0 Å². The van der Waals surface area contributed by atoms with E-state index in [0.717, 1.165) is 42.8 Å². The topological polar surface area (TPSA) is 91.4 Å². The van der Waals surface area contributed by atoms with Gasteiger partial charge in [-0.2, -0.15) is 0 Å². The minimum absolute atomic E-state index is 0.0405. The number of carbonyl (C=O) groups excluding carboxylic acids is 2. The van der Waals surface area contributed by atoms with Crippen molar-refractivity contribution >= 4 is 28.6 Å². The summed E-state index contributed by atoms with van der Waals surface area (Å²) >= 11 is 0. The second kappa shape index (κ2) is 9.28. The van der Waals surface area contributed by atoms with Crippen molar-refractivity contribution in [2.75, 3.05) is 12.4 Å². The van der Waals surface area contributed by atoms with Gasteiger partial charge in [0.25, 0.3) is 0 Å². The van der Waals surface area contributed by atoms with Gasteiger partial charge < -0.3 is 5.32 Å². The Labute approximate surface area is 185 Å². The summed E-state index contributed by atoms with van der Waals surface area (Å²) in [4.78, 5) is 31.9. The van der Waals surface area contributed by atoms with E-state index >= 15 is 0 Å². The molecule has 2 aliphatic rings. The molecule has 1 aromatic heterocycles. The van der Waals surface area contributed by atoms with E-state index in [1.807, 2.05) is 44.3 Å². The number of nitrogens with zero attached hydrogens (tertiary/aromatic N) is 2. The Balaban J connectivity index is 1.28. The number of carbonyl (C=O) groups is 2. The third kappa shape index (κ3) is 4.85. The standard InChI is InChI=1S/C23H28N4O3S/c1-15-6-10-19(11-7-15)31(30)26-20-14-22(28)27(23(20)29)18-12-16(13-18)8-9-17-4-3-5-21(24-2)25-17/h3-7,10-11,16,18,20,26H,8-9,12-14H2,1-2H3,(H,24,25). The zero-order chi connectivity index (χ0) is 22.0. The van der Waals surface area contributed by atoms with Crippen molar-refractivity contribution in [1.82, 2.24) is 14.6 Å². The summed E-state index contributed by atoms with van der Waals surface area (Å²) in [5.74, 6) is 0.922. The summed E-state index contributed by atoms with van der Waals surface area (Å²) in [5.41, 5.74) is 2.12. The molecule has 164 valence electrons. The molecule has 7 nitrogen and oxygen atoms in total. The number of aromatic nitrogens is 1. The number of pyridine rings is 1. The maximum Gasteiger partial charge on any atom is 0.248 e. The molecule has 1 aromatic carbocycles. The molecule has 1 saturated carbocycles. The minimum Gasteiger partial charge on any atom is -0.373 e. The van der Waals surface area contributed by atoms with E-state index in [1.165, 1.54) is 4.90 Å². The quantitative estimate of drug-likeness (QED) is 0.616. The molecule has 31 heavy (non-hydrogen) atoms. The van der Waals surface area contributed by atoms with Gasteiger partial charge in [-0.15, -0.1) is 0 Å². The summed E-state index contributed by atoms with van der Waals surface area (Å²) in [5, 5.41) is 3.05. The SMILES string of the molecule is CNc1cccc(CCC2CC(N3C(=O)CC(NS(=O)c4ccc(C)cc4)C3=O)C2)n1. The van der Waals surface area contributed by atoms with E-state index in [1.54, 1.807) is 12.1 Å². The van der Waals surface area contributed by atoms with E-state index < -0.39 is 17.0 Å². The van der Waals surface area contributed by atoms with Crippen LogP contribution in [0, 0.1) is 12.8 Å². The number of benzene rings is 1. The van der Waals surface area contributed by atoms with Crippen molar-refractivity contribution < 1.29 is 13.8 Å². The number of aryl methyl sites for hydroxylation is 2. The molecule has 2 atom stereocenters. The van der Waals surface area contributed by atoms with Crippen LogP contribution in [0.25, 0.3) is 0 Å². The average Bonchev–Trinajstić information content (AvgIpc) is 3.00. The first kappa shape index (κ1) is 21.6. The highest BCUT2D eigenvalue weighted by Gasteiger charge is 2.46. The molecular weight excluding hydrogens is 412 g/mol. The van der Waals surface area contributed by atoms with Crippen LogP contribution in [0.1, 0.15) is 36.9 Å². The van der Waals surface area contributed by atoms with E-state index in [4.69, 9.17) is 0 Å². The number of rotatable bonds is 8. The van der Waals surface area contributed by atoms with Crippen LogP contribution in [0.2, 0.25) is 0 Å². The number of hydrogen-bond donors (Lipinski definition) is 2. The molecule has 2 heterocycles. The van der Waals surface area contributed by atoms with Gasteiger partial charge in [-0.1, -0.05) is 23.8 Å². The zero-order valence-electron chi connectivity index (χ0n) is 17.8. The van der Waals surface area contributed by atoms with Crippen molar-refractivity contribution in [3.63, 3.8) is 0 Å². The Morgan fingerprint density at radius 2 is 1.87 bits per heavy atom. The molecule has 1 aliphatic heterocycles. The molecule has 0 radical (unpaired) electrons. The predicted octanol–water partition coefficient (Wildman–Crippen LogP) is 2.58. The smallest absolute Gasteiger partial charge is 0.248 e. The first-order valence-electron chi connectivity index (χ1n) is 10.7. The lowest BCUT2D eigenvalue weighted by atomic mass is 9.76. The maximum absolute atomic E-state index is 12.8. The highest BCUT2D eigenvalue weighted by atomic mass is 32.2. The van der Waals surface area contributed by atoms with E-state index in [9.17, 15) is 13.8 Å². The normalized spacial score (nSPS) is 24.2. The minimum atomic E-state index is -1.53. The fourth-order valence-corrected chi connectivity index (χ4v) is 5.20. The third-order valence-electron chi connectivity index (χ3n) is 6.11. The summed E-state index contributed by atoms with van der Waals surface area (Å²) < 4.78 is 15.4. The van der Waals surface area contributed by atoms with E-state index in [-0.39, 0.29) is 24.3 Å². The molecule has 2 aromatic rings. The largest absolute Gasteiger partial charge is 0.373 e. The highest BCUT2D eigenvalue weighted by Crippen LogP contribution is 2.37. The zero-order valence-corrected chi connectivity index (χ0v) is 18.7. The number of imide groups is 1. The summed E-state index contributed by atoms with van der Waals surface area (Å²) in [6, 6.07) is 12.5. The lowest BCUT2D eigenvalue weighted by Crippen LogP contribution is -2.49. The van der Waals surface area contributed by atoms with Crippen LogP contribution in [0.3, 0.4) is 0 Å². The van der Waals surface area contributed by atoms with Crippen molar-refractivity contribution in [2.45, 2.75) is 56.0 Å². The van der Waals surface area contributed by atoms with Gasteiger partial charge in [0, 0.05) is 18.8 Å². The van der Waals surface area contributed by atoms with Gasteiger partial charge in [-0.25, -0.2) is 13.9 Å². The van der Waals surface area contributed by atoms with Crippen molar-refractivity contribution in [3.8, 4) is 0 Å². The number of nitrogens with one attached hydrogen (secondary N) is 2. The molecule has 2 amide bonds. The summed E-state index contributed by atoms with van der Waals surface area (Å²) in [6.45, 7) is 1.96. The van der Waals surface area contributed by atoms with E-state index in [2.05, 4.69) is 15.0 Å².